The maximum atomic E-state index is 12.8. The number of amides is 2. The van der Waals surface area contributed by atoms with E-state index < -0.39 is 56.6 Å². The van der Waals surface area contributed by atoms with E-state index in [-0.39, 0.29) is 32.1 Å². The number of nitrogens with one attached hydrogen (secondary N) is 2. The number of hydrogen-bond acceptors (Lipinski definition) is 14. The number of hydrogen-bond donors (Lipinski definition) is 4. The molecule has 0 radical (unpaired) electrons. The molecule has 2 unspecified atom stereocenters. The second-order valence-electron chi connectivity index (χ2n) is 10.7. The van der Waals surface area contributed by atoms with Gasteiger partial charge < -0.3 is 28.4 Å². The predicted octanol–water partition coefficient (Wildman–Crippen LogP) is 4.45. The maximum absolute atomic E-state index is 12.8. The third-order valence-electron chi connectivity index (χ3n) is 5.78. The summed E-state index contributed by atoms with van der Waals surface area (Å²) in [6.07, 6.45) is -0.183. The minimum atomic E-state index is -3.67. The molecule has 0 aliphatic carbocycles. The lowest BCUT2D eigenvalue weighted by Gasteiger charge is -2.20. The molecular formula is C35H42N2O16S2. The quantitative estimate of drug-likeness (QED) is 0.0674. The Kier molecular flexibility index (Phi) is 20.9. The molecule has 0 aliphatic rings. The Labute approximate surface area is 318 Å². The molecule has 0 fully saturated rings. The molecule has 3 rings (SSSR count). The molecule has 18 nitrogen and oxygen atoms in total. The number of aryl methyl sites for hydroxylation is 1. The number of benzene rings is 3. The van der Waals surface area contributed by atoms with Crippen LogP contribution in [0, 0.1) is 6.92 Å². The van der Waals surface area contributed by atoms with Crippen LogP contribution in [-0.4, -0.2) is 101 Å². The molecule has 0 heterocycles. The van der Waals surface area contributed by atoms with Gasteiger partial charge in [0.15, 0.2) is 12.2 Å². The van der Waals surface area contributed by atoms with Crippen LogP contribution < -0.4 is 20.1 Å². The second-order valence-corrected chi connectivity index (χ2v) is 13.6. The van der Waals surface area contributed by atoms with Crippen LogP contribution in [-0.2, 0) is 48.8 Å². The van der Waals surface area contributed by atoms with Crippen molar-refractivity contribution in [2.75, 3.05) is 49.6 Å². The fourth-order valence-electron chi connectivity index (χ4n) is 3.54. The van der Waals surface area contributed by atoms with E-state index in [0.29, 0.717) is 35.3 Å². The van der Waals surface area contributed by atoms with Crippen molar-refractivity contribution in [2.45, 2.75) is 19.1 Å². The van der Waals surface area contributed by atoms with Gasteiger partial charge >= 0.3 is 24.1 Å². The van der Waals surface area contributed by atoms with Gasteiger partial charge in [0.1, 0.15) is 37.9 Å². The lowest BCUT2D eigenvalue weighted by Crippen LogP contribution is -2.33. The summed E-state index contributed by atoms with van der Waals surface area (Å²) in [5, 5.41) is 5.19. The van der Waals surface area contributed by atoms with E-state index in [2.05, 4.69) is 23.8 Å². The Morgan fingerprint density at radius 2 is 1.04 bits per heavy atom. The number of carbonyl (C=O) groups excluding carboxylic acids is 4. The van der Waals surface area contributed by atoms with E-state index in [0.717, 1.165) is 12.2 Å². The molecule has 0 aliphatic heterocycles. The zero-order valence-electron chi connectivity index (χ0n) is 30.0. The summed E-state index contributed by atoms with van der Waals surface area (Å²) in [6.45, 7) is 7.72. The molecule has 0 spiro atoms. The van der Waals surface area contributed by atoms with Crippen molar-refractivity contribution < 1.29 is 73.5 Å². The van der Waals surface area contributed by atoms with Crippen molar-refractivity contribution in [1.82, 2.24) is 0 Å². The molecule has 300 valence electrons. The average molecular weight is 811 g/mol. The van der Waals surface area contributed by atoms with Gasteiger partial charge in [0.2, 0.25) is 0 Å². The maximum Gasteiger partial charge on any atom is 0.412 e. The monoisotopic (exact) mass is 810 g/mol. The summed E-state index contributed by atoms with van der Waals surface area (Å²) in [5.74, 6) is -0.290. The van der Waals surface area contributed by atoms with E-state index in [1.807, 2.05) is 12.1 Å². The van der Waals surface area contributed by atoms with Gasteiger partial charge in [-0.15, -0.1) is 0 Å². The highest BCUT2D eigenvalue weighted by Gasteiger charge is 2.20. The van der Waals surface area contributed by atoms with Gasteiger partial charge in [-0.2, -0.15) is 16.8 Å². The van der Waals surface area contributed by atoms with E-state index >= 15 is 0 Å². The molecule has 55 heavy (non-hydrogen) atoms. The zero-order chi connectivity index (χ0) is 41.4. The Morgan fingerprint density at radius 1 is 0.655 bits per heavy atom. The lowest BCUT2D eigenvalue weighted by atomic mass is 10.2. The van der Waals surface area contributed by atoms with E-state index in [9.17, 15) is 36.0 Å². The normalized spacial score (nSPS) is 11.5. The molecule has 0 aromatic heterocycles. The van der Waals surface area contributed by atoms with Crippen LogP contribution in [0.25, 0.3) is 0 Å². The van der Waals surface area contributed by atoms with Crippen molar-refractivity contribution in [2.24, 2.45) is 0 Å². The van der Waals surface area contributed by atoms with E-state index in [4.69, 9.17) is 37.5 Å². The Hall–Kier alpha value is -5.96. The molecule has 20 heteroatoms. The highest BCUT2D eigenvalue weighted by atomic mass is 32.2. The molecule has 2 atom stereocenters. The standard InChI is InChI=1S/C33H34N2O10.2CH4O3S/c1-4-30(36)42-21-27(19-40-25-12-8-6-9-13-25)44-32(38)34-24-17-16-23(3)29(18-24)35-33(39)45-28(22-43-31(37)5-2)20-41-26-14-10-7-11-15-26;2*1-5(2,3)4/h4-18,27-28H,1-2,19-22H2,3H3,(H,34,38)(H,35,39);2*1H3,(H,2,3,4). The summed E-state index contributed by atoms with van der Waals surface area (Å²) in [5.41, 5.74) is 1.27. The third kappa shape index (κ3) is 25.6. The Bertz CT molecular complexity index is 1880. The van der Waals surface area contributed by atoms with Crippen molar-refractivity contribution in [3.05, 3.63) is 110 Å². The molecule has 0 saturated heterocycles. The number of rotatable bonds is 16. The van der Waals surface area contributed by atoms with Crippen LogP contribution in [0.5, 0.6) is 11.5 Å². The fraction of sp³-hybridized carbons (Fsp3) is 0.257. The van der Waals surface area contributed by atoms with Crippen molar-refractivity contribution in [1.29, 1.82) is 0 Å². The molecule has 3 aromatic carbocycles. The van der Waals surface area contributed by atoms with Crippen molar-refractivity contribution in [3.8, 4) is 11.5 Å². The first-order valence-electron chi connectivity index (χ1n) is 15.6. The number of anilines is 2. The van der Waals surface area contributed by atoms with Gasteiger partial charge in [0.25, 0.3) is 20.2 Å². The number of carbonyl (C=O) groups is 4. The largest absolute Gasteiger partial charge is 0.490 e. The summed E-state index contributed by atoms with van der Waals surface area (Å²) in [4.78, 5) is 48.7. The summed E-state index contributed by atoms with van der Waals surface area (Å²) < 4.78 is 84.0. The third-order valence-corrected chi connectivity index (χ3v) is 5.78. The molecular weight excluding hydrogens is 769 g/mol. The summed E-state index contributed by atoms with van der Waals surface area (Å²) in [6, 6.07) is 22.5. The van der Waals surface area contributed by atoms with Gasteiger partial charge in [-0.05, 0) is 48.9 Å². The lowest BCUT2D eigenvalue weighted by molar-refractivity contribution is -0.141. The van der Waals surface area contributed by atoms with Gasteiger partial charge in [-0.3, -0.25) is 19.7 Å². The average Bonchev–Trinajstić information content (AvgIpc) is 3.11. The minimum absolute atomic E-state index is 0.0916. The van der Waals surface area contributed by atoms with Crippen LogP contribution >= 0.6 is 0 Å². The molecule has 0 bridgehead atoms. The first-order valence-corrected chi connectivity index (χ1v) is 19.3. The van der Waals surface area contributed by atoms with Crippen LogP contribution in [0.3, 0.4) is 0 Å². The van der Waals surface area contributed by atoms with Gasteiger partial charge in [0, 0.05) is 23.5 Å². The second kappa shape index (κ2) is 24.4. The SMILES string of the molecule is C=CC(=O)OCC(COc1ccccc1)OC(=O)Nc1ccc(C)c(NC(=O)OC(COC(=O)C=C)COc2ccccc2)c1.CS(=O)(=O)O.CS(=O)(=O)O. The van der Waals surface area contributed by atoms with Gasteiger partial charge in [-0.1, -0.05) is 55.6 Å². The molecule has 0 saturated carbocycles. The Balaban J connectivity index is 0.00000134. The zero-order valence-corrected chi connectivity index (χ0v) is 31.6. The first-order chi connectivity index (χ1) is 25.7. The van der Waals surface area contributed by atoms with Gasteiger partial charge in [0.05, 0.1) is 12.5 Å². The van der Waals surface area contributed by atoms with Crippen molar-refractivity contribution in [3.63, 3.8) is 0 Å². The highest BCUT2D eigenvalue weighted by Crippen LogP contribution is 2.21. The number of esters is 2. The number of para-hydroxylation sites is 2. The van der Waals surface area contributed by atoms with Gasteiger partial charge in [-0.25, -0.2) is 19.2 Å². The van der Waals surface area contributed by atoms with Crippen LogP contribution in [0.4, 0.5) is 21.0 Å². The minimum Gasteiger partial charge on any atom is -0.490 e. The van der Waals surface area contributed by atoms with Crippen LogP contribution in [0.1, 0.15) is 5.56 Å². The molecule has 3 aromatic rings. The topological polar surface area (TPSA) is 256 Å². The molecule has 4 N–H and O–H groups in total. The highest BCUT2D eigenvalue weighted by molar-refractivity contribution is 7.85. The van der Waals surface area contributed by atoms with Crippen molar-refractivity contribution >= 4 is 55.7 Å². The Morgan fingerprint density at radius 3 is 1.42 bits per heavy atom. The predicted molar refractivity (Wildman–Crippen MR) is 200 cm³/mol. The first kappa shape index (κ1) is 47.1. The smallest absolute Gasteiger partial charge is 0.412 e. The summed E-state index contributed by atoms with van der Waals surface area (Å²) >= 11 is 0. The summed E-state index contributed by atoms with van der Waals surface area (Å²) in [7, 11) is -7.33. The van der Waals surface area contributed by atoms with Crippen LogP contribution in [0.15, 0.2) is 104 Å². The number of ether oxygens (including phenoxy) is 6. The molecule has 2 amide bonds. The fourth-order valence-corrected chi connectivity index (χ4v) is 3.54. The van der Waals surface area contributed by atoms with Crippen LogP contribution in [0.2, 0.25) is 0 Å². The van der Waals surface area contributed by atoms with E-state index in [1.165, 1.54) is 6.07 Å². The van der Waals surface area contributed by atoms with E-state index in [1.54, 1.807) is 67.6 Å².